The van der Waals surface area contributed by atoms with Crippen molar-refractivity contribution in [3.8, 4) is 5.75 Å². The Kier molecular flexibility index (Phi) is 5.09. The van der Waals surface area contributed by atoms with Crippen molar-refractivity contribution in [2.75, 3.05) is 0 Å². The standard InChI is InChI=1S/C20H24O3/c1-14-5-10-17(20(2,3)4)18(11-14)23-13-16-8-6-15(7-9-16)12-19(21)22/h5-11H,12-13H2,1-4H3,(H,21,22). The Morgan fingerprint density at radius 2 is 1.65 bits per heavy atom. The molecule has 0 aromatic heterocycles. The third-order valence-corrected chi connectivity index (χ3v) is 3.72. The molecule has 1 N–H and O–H groups in total. The number of ether oxygens (including phenoxy) is 1. The van der Waals surface area contributed by atoms with Crippen molar-refractivity contribution in [2.24, 2.45) is 0 Å². The molecule has 2 aromatic carbocycles. The Labute approximate surface area is 137 Å². The number of hydrogen-bond donors (Lipinski definition) is 1. The number of rotatable bonds is 5. The first kappa shape index (κ1) is 17.1. The number of aryl methyl sites for hydroxylation is 1. The van der Waals surface area contributed by atoms with Gasteiger partial charge in [-0.25, -0.2) is 0 Å². The van der Waals surface area contributed by atoms with E-state index in [1.165, 1.54) is 11.1 Å². The average molecular weight is 312 g/mol. The molecule has 0 fully saturated rings. The summed E-state index contributed by atoms with van der Waals surface area (Å²) in [7, 11) is 0. The molecule has 0 radical (unpaired) electrons. The van der Waals surface area contributed by atoms with Gasteiger partial charge in [0.25, 0.3) is 0 Å². The van der Waals surface area contributed by atoms with E-state index in [9.17, 15) is 4.79 Å². The summed E-state index contributed by atoms with van der Waals surface area (Å²) >= 11 is 0. The fourth-order valence-electron chi connectivity index (χ4n) is 2.46. The first-order chi connectivity index (χ1) is 10.8. The Bertz CT molecular complexity index is 679. The third-order valence-electron chi connectivity index (χ3n) is 3.72. The second-order valence-electron chi connectivity index (χ2n) is 6.93. The molecule has 0 saturated heterocycles. The van der Waals surface area contributed by atoms with Gasteiger partial charge in [0, 0.05) is 0 Å². The smallest absolute Gasteiger partial charge is 0.307 e. The molecule has 0 bridgehead atoms. The highest BCUT2D eigenvalue weighted by Crippen LogP contribution is 2.32. The van der Waals surface area contributed by atoms with Crippen LogP contribution in [0.25, 0.3) is 0 Å². The van der Waals surface area contributed by atoms with Crippen LogP contribution in [0, 0.1) is 6.92 Å². The minimum Gasteiger partial charge on any atom is -0.489 e. The van der Waals surface area contributed by atoms with Crippen LogP contribution in [0.1, 0.15) is 43.0 Å². The van der Waals surface area contributed by atoms with Gasteiger partial charge in [0.2, 0.25) is 0 Å². The van der Waals surface area contributed by atoms with Gasteiger partial charge in [-0.15, -0.1) is 0 Å². The monoisotopic (exact) mass is 312 g/mol. The second-order valence-corrected chi connectivity index (χ2v) is 6.93. The zero-order valence-corrected chi connectivity index (χ0v) is 14.2. The van der Waals surface area contributed by atoms with Gasteiger partial charge in [-0.2, -0.15) is 0 Å². The number of carbonyl (C=O) groups is 1. The van der Waals surface area contributed by atoms with Gasteiger partial charge in [-0.3, -0.25) is 4.79 Å². The molecule has 0 aliphatic rings. The van der Waals surface area contributed by atoms with Crippen molar-refractivity contribution in [2.45, 2.75) is 46.1 Å². The van der Waals surface area contributed by atoms with E-state index in [0.29, 0.717) is 6.61 Å². The maximum absolute atomic E-state index is 10.7. The maximum Gasteiger partial charge on any atom is 0.307 e. The number of carboxylic acids is 1. The Balaban J connectivity index is 2.11. The maximum atomic E-state index is 10.7. The lowest BCUT2D eigenvalue weighted by molar-refractivity contribution is -0.136. The summed E-state index contributed by atoms with van der Waals surface area (Å²) in [5.41, 5.74) is 4.21. The molecule has 0 aliphatic heterocycles. The summed E-state index contributed by atoms with van der Waals surface area (Å²) < 4.78 is 6.04. The van der Waals surface area contributed by atoms with Gasteiger partial charge in [-0.05, 0) is 40.7 Å². The van der Waals surface area contributed by atoms with Gasteiger partial charge in [0.1, 0.15) is 12.4 Å². The van der Waals surface area contributed by atoms with Crippen LogP contribution < -0.4 is 4.74 Å². The van der Waals surface area contributed by atoms with Crippen LogP contribution >= 0.6 is 0 Å². The molecule has 2 aromatic rings. The topological polar surface area (TPSA) is 46.5 Å². The van der Waals surface area contributed by atoms with Crippen molar-refractivity contribution < 1.29 is 14.6 Å². The molecule has 122 valence electrons. The average Bonchev–Trinajstić information content (AvgIpc) is 2.44. The summed E-state index contributed by atoms with van der Waals surface area (Å²) in [6, 6.07) is 13.8. The first-order valence-electron chi connectivity index (χ1n) is 7.79. The van der Waals surface area contributed by atoms with Crippen LogP contribution in [0.5, 0.6) is 5.75 Å². The van der Waals surface area contributed by atoms with Gasteiger partial charge >= 0.3 is 5.97 Å². The van der Waals surface area contributed by atoms with Crippen molar-refractivity contribution in [3.05, 3.63) is 64.7 Å². The number of aliphatic carboxylic acids is 1. The highest BCUT2D eigenvalue weighted by Gasteiger charge is 2.19. The Hall–Kier alpha value is -2.29. The van der Waals surface area contributed by atoms with E-state index in [0.717, 1.165) is 16.9 Å². The number of benzene rings is 2. The predicted molar refractivity (Wildman–Crippen MR) is 92.0 cm³/mol. The summed E-state index contributed by atoms with van der Waals surface area (Å²) in [4.78, 5) is 10.7. The third kappa shape index (κ3) is 4.85. The molecule has 3 heteroatoms. The fraction of sp³-hybridized carbons (Fsp3) is 0.350. The molecular weight excluding hydrogens is 288 g/mol. The molecule has 23 heavy (non-hydrogen) atoms. The second kappa shape index (κ2) is 6.86. The van der Waals surface area contributed by atoms with Crippen LogP contribution in [-0.2, 0) is 23.2 Å². The molecule has 0 heterocycles. The summed E-state index contributed by atoms with van der Waals surface area (Å²) in [6.07, 6.45) is 0.0488. The summed E-state index contributed by atoms with van der Waals surface area (Å²) in [6.45, 7) is 9.04. The fourth-order valence-corrected chi connectivity index (χ4v) is 2.46. The highest BCUT2D eigenvalue weighted by atomic mass is 16.5. The van der Waals surface area contributed by atoms with Crippen LogP contribution in [0.15, 0.2) is 42.5 Å². The Morgan fingerprint density at radius 1 is 1.04 bits per heavy atom. The highest BCUT2D eigenvalue weighted by molar-refractivity contribution is 5.70. The van der Waals surface area contributed by atoms with E-state index in [1.807, 2.05) is 24.3 Å². The first-order valence-corrected chi connectivity index (χ1v) is 7.79. The summed E-state index contributed by atoms with van der Waals surface area (Å²) in [5, 5.41) is 8.80. The van der Waals surface area contributed by atoms with Crippen LogP contribution in [-0.4, -0.2) is 11.1 Å². The molecule has 0 amide bonds. The van der Waals surface area contributed by atoms with Crippen molar-refractivity contribution in [1.82, 2.24) is 0 Å². The lowest BCUT2D eigenvalue weighted by atomic mass is 9.86. The van der Waals surface area contributed by atoms with Crippen molar-refractivity contribution in [1.29, 1.82) is 0 Å². The van der Waals surface area contributed by atoms with E-state index in [1.54, 1.807) is 0 Å². The Morgan fingerprint density at radius 3 is 2.22 bits per heavy atom. The summed E-state index contributed by atoms with van der Waals surface area (Å²) in [5.74, 6) is 0.0932. The minimum absolute atomic E-state index is 0.0222. The van der Waals surface area contributed by atoms with Crippen molar-refractivity contribution >= 4 is 5.97 Å². The zero-order chi connectivity index (χ0) is 17.0. The van der Waals surface area contributed by atoms with Crippen LogP contribution in [0.2, 0.25) is 0 Å². The SMILES string of the molecule is Cc1ccc(C(C)(C)C)c(OCc2ccc(CC(=O)O)cc2)c1. The van der Waals surface area contributed by atoms with E-state index in [-0.39, 0.29) is 11.8 Å². The van der Waals surface area contributed by atoms with Crippen LogP contribution in [0.3, 0.4) is 0 Å². The zero-order valence-electron chi connectivity index (χ0n) is 14.2. The van der Waals surface area contributed by atoms with Gasteiger partial charge in [0.15, 0.2) is 0 Å². The normalized spacial score (nSPS) is 11.3. The quantitative estimate of drug-likeness (QED) is 0.884. The minimum atomic E-state index is -0.816. The molecular formula is C20H24O3. The van der Waals surface area contributed by atoms with E-state index < -0.39 is 5.97 Å². The lowest BCUT2D eigenvalue weighted by Gasteiger charge is -2.23. The molecule has 3 nitrogen and oxygen atoms in total. The molecule has 2 rings (SSSR count). The molecule has 0 atom stereocenters. The largest absolute Gasteiger partial charge is 0.489 e. The van der Waals surface area contributed by atoms with E-state index in [4.69, 9.17) is 9.84 Å². The van der Waals surface area contributed by atoms with Gasteiger partial charge < -0.3 is 9.84 Å². The molecule has 0 saturated carbocycles. The molecule has 0 unspecified atom stereocenters. The van der Waals surface area contributed by atoms with Crippen LogP contribution in [0.4, 0.5) is 0 Å². The van der Waals surface area contributed by atoms with E-state index >= 15 is 0 Å². The van der Waals surface area contributed by atoms with Crippen molar-refractivity contribution in [3.63, 3.8) is 0 Å². The molecule has 0 spiro atoms. The number of carboxylic acid groups (broad SMARTS) is 1. The lowest BCUT2D eigenvalue weighted by Crippen LogP contribution is -2.13. The predicted octanol–water partition coefficient (Wildman–Crippen LogP) is 4.50. The number of hydrogen-bond acceptors (Lipinski definition) is 2. The van der Waals surface area contributed by atoms with Gasteiger partial charge in [-0.1, -0.05) is 57.2 Å². The molecule has 0 aliphatic carbocycles. The van der Waals surface area contributed by atoms with E-state index in [2.05, 4.69) is 45.9 Å². The van der Waals surface area contributed by atoms with Gasteiger partial charge in [0.05, 0.1) is 6.42 Å².